The van der Waals surface area contributed by atoms with E-state index < -0.39 is 0 Å². The molecule has 0 aromatic heterocycles. The van der Waals surface area contributed by atoms with Crippen LogP contribution in [0.25, 0.3) is 0 Å². The van der Waals surface area contributed by atoms with Crippen LogP contribution in [-0.2, 0) is 9.53 Å². The largest absolute Gasteiger partial charge is 0.462 e. The van der Waals surface area contributed by atoms with Crippen LogP contribution in [0, 0.1) is 0 Å². The Morgan fingerprint density at radius 1 is 1.21 bits per heavy atom. The van der Waals surface area contributed by atoms with E-state index in [1.807, 2.05) is 6.92 Å². The third-order valence-corrected chi connectivity index (χ3v) is 2.34. The molecular formula is C14H19NO4. The molecule has 19 heavy (non-hydrogen) atoms. The third-order valence-electron chi connectivity index (χ3n) is 2.34. The maximum absolute atomic E-state index is 11.5. The minimum absolute atomic E-state index is 0.288. The van der Waals surface area contributed by atoms with Crippen LogP contribution in [0.2, 0.25) is 0 Å². The van der Waals surface area contributed by atoms with Crippen molar-refractivity contribution in [3.8, 4) is 5.75 Å². The summed E-state index contributed by atoms with van der Waals surface area (Å²) in [5.74, 6) is -0.288. The monoisotopic (exact) mass is 265 g/mol. The zero-order valence-corrected chi connectivity index (χ0v) is 11.1. The van der Waals surface area contributed by atoms with Gasteiger partial charge in [-0.3, -0.25) is 4.79 Å². The second kappa shape index (κ2) is 8.26. The van der Waals surface area contributed by atoms with Crippen molar-refractivity contribution < 1.29 is 19.1 Å². The lowest BCUT2D eigenvalue weighted by atomic mass is 10.2. The fourth-order valence-electron chi connectivity index (χ4n) is 1.37. The van der Waals surface area contributed by atoms with Gasteiger partial charge in [-0.05, 0) is 43.7 Å². The molecule has 1 rings (SSSR count). The molecule has 0 heterocycles. The molecule has 1 aromatic carbocycles. The fourth-order valence-corrected chi connectivity index (χ4v) is 1.37. The quantitative estimate of drug-likeness (QED) is 0.601. The summed E-state index contributed by atoms with van der Waals surface area (Å²) in [4.78, 5) is 22.9. The molecule has 0 amide bonds. The van der Waals surface area contributed by atoms with Crippen LogP contribution in [-0.4, -0.2) is 25.1 Å². The van der Waals surface area contributed by atoms with Crippen molar-refractivity contribution in [1.82, 2.24) is 0 Å². The van der Waals surface area contributed by atoms with Crippen LogP contribution in [0.4, 0.5) is 0 Å². The van der Waals surface area contributed by atoms with Crippen molar-refractivity contribution in [3.05, 3.63) is 29.8 Å². The van der Waals surface area contributed by atoms with E-state index >= 15 is 0 Å². The predicted octanol–water partition coefficient (Wildman–Crippen LogP) is 1.90. The molecule has 5 nitrogen and oxygen atoms in total. The molecule has 0 atom stereocenters. The first kappa shape index (κ1) is 15.2. The van der Waals surface area contributed by atoms with Gasteiger partial charge in [0.1, 0.15) is 5.75 Å². The zero-order chi connectivity index (χ0) is 14.1. The molecule has 2 N–H and O–H groups in total. The SMILES string of the molecule is CCCOC(=O)c1ccc(OC(=O)CCCN)cc1. The lowest BCUT2D eigenvalue weighted by Crippen LogP contribution is -2.11. The number of nitrogens with two attached hydrogens (primary N) is 1. The molecule has 104 valence electrons. The molecule has 0 saturated carbocycles. The van der Waals surface area contributed by atoms with Crippen LogP contribution in [0.5, 0.6) is 5.75 Å². The van der Waals surface area contributed by atoms with Gasteiger partial charge in [-0.1, -0.05) is 6.92 Å². The standard InChI is InChI=1S/C14H19NO4/c1-2-10-18-14(17)11-5-7-12(8-6-11)19-13(16)4-3-9-15/h5-8H,2-4,9-10,15H2,1H3. The van der Waals surface area contributed by atoms with Crippen LogP contribution >= 0.6 is 0 Å². The Morgan fingerprint density at radius 3 is 2.47 bits per heavy atom. The van der Waals surface area contributed by atoms with Gasteiger partial charge in [0.15, 0.2) is 0 Å². The number of hydrogen-bond acceptors (Lipinski definition) is 5. The van der Waals surface area contributed by atoms with Gasteiger partial charge in [0.05, 0.1) is 12.2 Å². The molecule has 0 fully saturated rings. The minimum atomic E-state index is -0.372. The summed E-state index contributed by atoms with van der Waals surface area (Å²) in [6.45, 7) is 2.78. The molecule has 0 spiro atoms. The highest BCUT2D eigenvalue weighted by Gasteiger charge is 2.08. The van der Waals surface area contributed by atoms with Gasteiger partial charge in [-0.15, -0.1) is 0 Å². The van der Waals surface area contributed by atoms with Crippen molar-refractivity contribution in [1.29, 1.82) is 0 Å². The molecule has 5 heteroatoms. The second-order valence-electron chi connectivity index (χ2n) is 4.03. The van der Waals surface area contributed by atoms with E-state index in [1.165, 1.54) is 0 Å². The van der Waals surface area contributed by atoms with Crippen molar-refractivity contribution in [2.45, 2.75) is 26.2 Å². The maximum Gasteiger partial charge on any atom is 0.338 e. The molecule has 0 aliphatic carbocycles. The molecule has 0 radical (unpaired) electrons. The number of hydrogen-bond donors (Lipinski definition) is 1. The van der Waals surface area contributed by atoms with Crippen LogP contribution in [0.1, 0.15) is 36.5 Å². The summed E-state index contributed by atoms with van der Waals surface area (Å²) in [5, 5.41) is 0. The lowest BCUT2D eigenvalue weighted by Gasteiger charge is -2.05. The summed E-state index contributed by atoms with van der Waals surface area (Å²) in [7, 11) is 0. The average Bonchev–Trinajstić information content (AvgIpc) is 2.43. The summed E-state index contributed by atoms with van der Waals surface area (Å²) in [5.41, 5.74) is 5.74. The summed E-state index contributed by atoms with van der Waals surface area (Å²) in [6.07, 6.45) is 1.67. The van der Waals surface area contributed by atoms with E-state index in [2.05, 4.69) is 0 Å². The highest BCUT2D eigenvalue weighted by Crippen LogP contribution is 2.14. The number of carbonyl (C=O) groups is 2. The first-order valence-corrected chi connectivity index (χ1v) is 6.35. The topological polar surface area (TPSA) is 78.6 Å². The van der Waals surface area contributed by atoms with Gasteiger partial charge in [-0.25, -0.2) is 4.79 Å². The Morgan fingerprint density at radius 2 is 1.89 bits per heavy atom. The van der Waals surface area contributed by atoms with Crippen LogP contribution in [0.3, 0.4) is 0 Å². The Labute approximate surface area is 112 Å². The molecular weight excluding hydrogens is 246 g/mol. The van der Waals surface area contributed by atoms with Crippen molar-refractivity contribution >= 4 is 11.9 Å². The predicted molar refractivity (Wildman–Crippen MR) is 70.9 cm³/mol. The van der Waals surface area contributed by atoms with E-state index in [1.54, 1.807) is 24.3 Å². The molecule has 0 saturated heterocycles. The number of carbonyl (C=O) groups excluding carboxylic acids is 2. The van der Waals surface area contributed by atoms with Gasteiger partial charge in [0.25, 0.3) is 0 Å². The molecule has 0 aliphatic heterocycles. The molecule has 0 aliphatic rings. The summed E-state index contributed by atoms with van der Waals surface area (Å²) < 4.78 is 10.1. The smallest absolute Gasteiger partial charge is 0.338 e. The van der Waals surface area contributed by atoms with E-state index in [0.29, 0.717) is 30.9 Å². The maximum atomic E-state index is 11.5. The molecule has 0 bridgehead atoms. The van der Waals surface area contributed by atoms with Crippen molar-refractivity contribution in [2.75, 3.05) is 13.2 Å². The number of rotatable bonds is 7. The van der Waals surface area contributed by atoms with Gasteiger partial charge in [0, 0.05) is 6.42 Å². The highest BCUT2D eigenvalue weighted by atomic mass is 16.5. The number of ether oxygens (including phenoxy) is 2. The van der Waals surface area contributed by atoms with E-state index in [4.69, 9.17) is 15.2 Å². The Hall–Kier alpha value is -1.88. The first-order chi connectivity index (χ1) is 9.17. The number of benzene rings is 1. The molecule has 1 aromatic rings. The second-order valence-corrected chi connectivity index (χ2v) is 4.03. The normalized spacial score (nSPS) is 10.0. The Balaban J connectivity index is 2.51. The van der Waals surface area contributed by atoms with Gasteiger partial charge in [-0.2, -0.15) is 0 Å². The zero-order valence-electron chi connectivity index (χ0n) is 11.1. The third kappa shape index (κ3) is 5.52. The van der Waals surface area contributed by atoms with Crippen molar-refractivity contribution in [3.63, 3.8) is 0 Å². The lowest BCUT2D eigenvalue weighted by molar-refractivity contribution is -0.134. The van der Waals surface area contributed by atoms with Crippen molar-refractivity contribution in [2.24, 2.45) is 5.73 Å². The van der Waals surface area contributed by atoms with Crippen LogP contribution < -0.4 is 10.5 Å². The van der Waals surface area contributed by atoms with Gasteiger partial charge < -0.3 is 15.2 Å². The minimum Gasteiger partial charge on any atom is -0.462 e. The van der Waals surface area contributed by atoms with E-state index in [-0.39, 0.29) is 18.4 Å². The van der Waals surface area contributed by atoms with E-state index in [0.717, 1.165) is 6.42 Å². The molecule has 0 unspecified atom stereocenters. The van der Waals surface area contributed by atoms with Crippen LogP contribution in [0.15, 0.2) is 24.3 Å². The fraction of sp³-hybridized carbons (Fsp3) is 0.429. The Kier molecular flexibility index (Phi) is 6.60. The van der Waals surface area contributed by atoms with Gasteiger partial charge >= 0.3 is 11.9 Å². The average molecular weight is 265 g/mol. The number of esters is 2. The van der Waals surface area contributed by atoms with Gasteiger partial charge in [0.2, 0.25) is 0 Å². The summed E-state index contributed by atoms with van der Waals surface area (Å²) >= 11 is 0. The van der Waals surface area contributed by atoms with E-state index in [9.17, 15) is 9.59 Å². The Bertz CT molecular complexity index is 414. The highest BCUT2D eigenvalue weighted by molar-refractivity contribution is 5.89. The first-order valence-electron chi connectivity index (χ1n) is 6.35. The summed E-state index contributed by atoms with van der Waals surface area (Å²) in [6, 6.07) is 6.29.